The average molecular weight is 514 g/mol. The van der Waals surface area contributed by atoms with E-state index in [1.54, 1.807) is 32.0 Å². The molecule has 8 nitrogen and oxygen atoms in total. The van der Waals surface area contributed by atoms with E-state index in [0.717, 1.165) is 0 Å². The smallest absolute Gasteiger partial charge is 0.309 e. The summed E-state index contributed by atoms with van der Waals surface area (Å²) >= 11 is 12.2. The maximum atomic E-state index is 12.8. The van der Waals surface area contributed by atoms with Crippen LogP contribution in [0, 0.1) is 5.92 Å². The van der Waals surface area contributed by atoms with Gasteiger partial charge in [0.1, 0.15) is 11.9 Å². The Morgan fingerprint density at radius 2 is 1.82 bits per heavy atom. The molecule has 0 aliphatic carbocycles. The number of methoxy groups -OCH3 is 2. The Labute approximate surface area is 209 Å². The number of carbonyl (C=O) groups is 2. The molecule has 0 spiro atoms. The molecule has 0 amide bonds. The largest absolute Gasteiger partial charge is 0.503 e. The molecule has 0 aliphatic rings. The second kappa shape index (κ2) is 12.8. The number of hydrogen-bond donors (Lipinski definition) is 1. The van der Waals surface area contributed by atoms with Crippen LogP contribution >= 0.6 is 23.2 Å². The summed E-state index contributed by atoms with van der Waals surface area (Å²) in [4.78, 5) is 29.3. The average Bonchev–Trinajstić information content (AvgIpc) is 2.80. The number of rotatable bonds is 12. The summed E-state index contributed by atoms with van der Waals surface area (Å²) in [6.07, 6.45) is -0.0894. The fourth-order valence-corrected chi connectivity index (χ4v) is 3.81. The molecule has 0 saturated carbocycles. The molecule has 10 heteroatoms. The number of nitrogens with zero attached hydrogens (tertiary/aromatic N) is 1. The third kappa shape index (κ3) is 6.98. The maximum Gasteiger partial charge on any atom is 0.309 e. The number of halogens is 2. The number of pyridine rings is 1. The van der Waals surface area contributed by atoms with Crippen LogP contribution in [0.4, 0.5) is 0 Å². The van der Waals surface area contributed by atoms with Crippen LogP contribution in [0.3, 0.4) is 0 Å². The Bertz CT molecular complexity index is 997. The van der Waals surface area contributed by atoms with Crippen LogP contribution < -0.4 is 9.47 Å². The van der Waals surface area contributed by atoms with Crippen LogP contribution in [0.25, 0.3) is 0 Å². The van der Waals surface area contributed by atoms with Gasteiger partial charge in [-0.15, -0.1) is 0 Å². The molecule has 34 heavy (non-hydrogen) atoms. The number of hydrogen-bond acceptors (Lipinski definition) is 8. The van der Waals surface area contributed by atoms with Crippen molar-refractivity contribution >= 4 is 35.0 Å². The van der Waals surface area contributed by atoms with E-state index in [4.69, 9.17) is 42.1 Å². The monoisotopic (exact) mass is 513 g/mol. The second-order valence-electron chi connectivity index (χ2n) is 7.72. The topological polar surface area (TPSA) is 104 Å². The number of aromatic nitrogens is 1. The molecular weight excluding hydrogens is 485 g/mol. The highest BCUT2D eigenvalue weighted by molar-refractivity contribution is 6.35. The minimum atomic E-state index is -0.801. The van der Waals surface area contributed by atoms with Crippen molar-refractivity contribution in [3.05, 3.63) is 46.2 Å². The number of esters is 1. The van der Waals surface area contributed by atoms with Crippen molar-refractivity contribution in [3.63, 3.8) is 0 Å². The zero-order valence-electron chi connectivity index (χ0n) is 19.7. The minimum absolute atomic E-state index is 0.119. The first-order chi connectivity index (χ1) is 16.1. The summed E-state index contributed by atoms with van der Waals surface area (Å²) < 4.78 is 22.2. The first-order valence-electron chi connectivity index (χ1n) is 10.7. The zero-order chi connectivity index (χ0) is 25.4. The third-order valence-corrected chi connectivity index (χ3v) is 5.79. The molecule has 0 fully saturated rings. The van der Waals surface area contributed by atoms with Gasteiger partial charge < -0.3 is 24.1 Å². The highest BCUT2D eigenvalue weighted by Crippen LogP contribution is 2.31. The van der Waals surface area contributed by atoms with Crippen molar-refractivity contribution in [2.24, 2.45) is 5.92 Å². The Morgan fingerprint density at radius 1 is 1.12 bits per heavy atom. The fourth-order valence-electron chi connectivity index (χ4n) is 3.35. The lowest BCUT2D eigenvalue weighted by atomic mass is 10.0. The number of Topliss-reactive ketones (excluding diaryl/α,β-unsaturated/α-hetero) is 1. The molecule has 1 aromatic carbocycles. The van der Waals surface area contributed by atoms with E-state index >= 15 is 0 Å². The standard InChI is InChI=1S/C24H29Cl2NO7/c1-6-18(31-4)23(34-19-8-7-15(25)12-16(19)26)14(3)33-24(30)13(2)11-17(28)21-22(29)20(32-5)9-10-27-21/h7-10,12-14,18,23,29H,6,11H2,1-5H3/t13-,14+,18+,23+/m1/s1. The molecule has 2 aromatic rings. The van der Waals surface area contributed by atoms with Crippen molar-refractivity contribution in [3.8, 4) is 17.2 Å². The first-order valence-corrected chi connectivity index (χ1v) is 11.5. The zero-order valence-corrected chi connectivity index (χ0v) is 21.2. The summed E-state index contributed by atoms with van der Waals surface area (Å²) in [6.45, 7) is 5.15. The Morgan fingerprint density at radius 3 is 2.41 bits per heavy atom. The van der Waals surface area contributed by atoms with E-state index in [9.17, 15) is 14.7 Å². The number of ketones is 1. The van der Waals surface area contributed by atoms with Crippen molar-refractivity contribution in [2.45, 2.75) is 51.9 Å². The lowest BCUT2D eigenvalue weighted by Gasteiger charge is -2.31. The van der Waals surface area contributed by atoms with Crippen LogP contribution in [0.1, 0.15) is 44.1 Å². The van der Waals surface area contributed by atoms with Crippen molar-refractivity contribution in [1.29, 1.82) is 0 Å². The summed E-state index contributed by atoms with van der Waals surface area (Å²) in [5, 5.41) is 10.9. The molecule has 4 atom stereocenters. The molecule has 0 radical (unpaired) electrons. The number of aromatic hydroxyl groups is 1. The maximum absolute atomic E-state index is 12.8. The van der Waals surface area contributed by atoms with Crippen LogP contribution in [0.15, 0.2) is 30.5 Å². The van der Waals surface area contributed by atoms with Crippen LogP contribution in [0.5, 0.6) is 17.2 Å². The summed E-state index contributed by atoms with van der Waals surface area (Å²) in [6, 6.07) is 6.25. The molecule has 1 heterocycles. The normalized spacial score (nSPS) is 14.6. The van der Waals surface area contributed by atoms with Crippen LogP contribution in [0.2, 0.25) is 10.0 Å². The molecule has 0 aliphatic heterocycles. The van der Waals surface area contributed by atoms with Gasteiger partial charge in [0.2, 0.25) is 0 Å². The fraction of sp³-hybridized carbons (Fsp3) is 0.458. The van der Waals surface area contributed by atoms with Crippen molar-refractivity contribution in [2.75, 3.05) is 14.2 Å². The van der Waals surface area contributed by atoms with Crippen molar-refractivity contribution < 1.29 is 33.6 Å². The van der Waals surface area contributed by atoms with E-state index in [-0.39, 0.29) is 23.6 Å². The Kier molecular flexibility index (Phi) is 10.4. The molecule has 0 unspecified atom stereocenters. The van der Waals surface area contributed by atoms with Gasteiger partial charge >= 0.3 is 5.97 Å². The van der Waals surface area contributed by atoms with Gasteiger partial charge in [-0.25, -0.2) is 4.98 Å². The first kappa shape index (κ1) is 27.7. The van der Waals surface area contributed by atoms with E-state index in [1.807, 2.05) is 6.92 Å². The highest BCUT2D eigenvalue weighted by atomic mass is 35.5. The summed E-state index contributed by atoms with van der Waals surface area (Å²) in [5.41, 5.74) is -0.170. The van der Waals surface area contributed by atoms with Gasteiger partial charge in [-0.2, -0.15) is 0 Å². The van der Waals surface area contributed by atoms with Crippen molar-refractivity contribution in [1.82, 2.24) is 4.98 Å². The quantitative estimate of drug-likeness (QED) is 0.308. The predicted octanol–water partition coefficient (Wildman–Crippen LogP) is 5.12. The molecule has 1 N–H and O–H groups in total. The molecule has 1 aromatic heterocycles. The van der Waals surface area contributed by atoms with Gasteiger partial charge in [-0.05, 0) is 31.5 Å². The van der Waals surface area contributed by atoms with E-state index in [2.05, 4.69) is 4.98 Å². The van der Waals surface area contributed by atoms with Gasteiger partial charge in [0, 0.05) is 30.8 Å². The molecule has 186 valence electrons. The minimum Gasteiger partial charge on any atom is -0.503 e. The van der Waals surface area contributed by atoms with E-state index < -0.39 is 36.0 Å². The molecule has 0 bridgehead atoms. The Hall–Kier alpha value is -2.55. The lowest BCUT2D eigenvalue weighted by Crippen LogP contribution is -2.44. The third-order valence-electron chi connectivity index (χ3n) is 5.26. The van der Waals surface area contributed by atoms with Crippen LogP contribution in [-0.4, -0.2) is 54.4 Å². The van der Waals surface area contributed by atoms with Gasteiger partial charge in [-0.1, -0.05) is 37.0 Å². The number of carbonyl (C=O) groups excluding carboxylic acids is 2. The van der Waals surface area contributed by atoms with Crippen LogP contribution in [-0.2, 0) is 14.3 Å². The second-order valence-corrected chi connectivity index (χ2v) is 8.56. The number of benzene rings is 1. The number of ether oxygens (including phenoxy) is 4. The summed E-state index contributed by atoms with van der Waals surface area (Å²) in [7, 11) is 2.90. The van der Waals surface area contributed by atoms with Gasteiger partial charge in [0.25, 0.3) is 0 Å². The molecule has 2 rings (SSSR count). The van der Waals surface area contributed by atoms with Gasteiger partial charge in [-0.3, -0.25) is 9.59 Å². The SMILES string of the molecule is CC[C@H](OC)[C@@H](Oc1ccc(Cl)cc1Cl)[C@H](C)OC(=O)[C@H](C)CC(=O)c1nccc(OC)c1O. The predicted molar refractivity (Wildman–Crippen MR) is 128 cm³/mol. The van der Waals surface area contributed by atoms with Gasteiger partial charge in [0.15, 0.2) is 29.1 Å². The molecular formula is C24H29Cl2NO7. The summed E-state index contributed by atoms with van der Waals surface area (Å²) in [5.74, 6) is -1.80. The van der Waals surface area contributed by atoms with E-state index in [1.165, 1.54) is 26.5 Å². The van der Waals surface area contributed by atoms with E-state index in [0.29, 0.717) is 22.2 Å². The lowest BCUT2D eigenvalue weighted by molar-refractivity contribution is -0.161. The van der Waals surface area contributed by atoms with Gasteiger partial charge in [0.05, 0.1) is 24.2 Å². The Balaban J connectivity index is 2.12. The molecule has 0 saturated heterocycles. The highest BCUT2D eigenvalue weighted by Gasteiger charge is 2.33.